The van der Waals surface area contributed by atoms with E-state index in [0.29, 0.717) is 30.0 Å². The van der Waals surface area contributed by atoms with Crippen molar-refractivity contribution in [2.75, 3.05) is 11.1 Å². The molecule has 0 bridgehead atoms. The lowest BCUT2D eigenvalue weighted by atomic mass is 9.75. The first-order valence-electron chi connectivity index (χ1n) is 15.8. The Hall–Kier alpha value is -5.05. The van der Waals surface area contributed by atoms with Gasteiger partial charge in [0.25, 0.3) is 5.91 Å². The van der Waals surface area contributed by atoms with Gasteiger partial charge in [-0.2, -0.15) is 0 Å². The first kappa shape index (κ1) is 28.7. The highest BCUT2D eigenvalue weighted by Gasteiger charge is 2.45. The van der Waals surface area contributed by atoms with Gasteiger partial charge >= 0.3 is 0 Å². The molecule has 5 aromatic rings. The Morgan fingerprint density at radius 3 is 2.31 bits per heavy atom. The first-order valence-corrected chi connectivity index (χ1v) is 15.8. The highest BCUT2D eigenvalue weighted by Crippen LogP contribution is 2.43. The van der Waals surface area contributed by atoms with Gasteiger partial charge in [0.1, 0.15) is 5.54 Å². The maximum atomic E-state index is 13.7. The van der Waals surface area contributed by atoms with Gasteiger partial charge in [-0.1, -0.05) is 43.5 Å². The molecule has 228 valence electrons. The maximum Gasteiger partial charge on any atom is 0.252 e. The van der Waals surface area contributed by atoms with Gasteiger partial charge < -0.3 is 20.9 Å². The van der Waals surface area contributed by atoms with Gasteiger partial charge in [-0.25, -0.2) is 9.97 Å². The molecular formula is C36H37N7O2. The van der Waals surface area contributed by atoms with E-state index in [1.807, 2.05) is 54.7 Å². The number of rotatable bonds is 7. The Balaban J connectivity index is 1.13. The molecule has 2 aromatic carbocycles. The average Bonchev–Trinajstić information content (AvgIpc) is 3.35. The van der Waals surface area contributed by atoms with Crippen LogP contribution < -0.4 is 16.4 Å². The maximum absolute atomic E-state index is 13.7. The molecule has 4 N–H and O–H groups in total. The third kappa shape index (κ3) is 5.43. The molecule has 0 aliphatic heterocycles. The molecule has 9 heteroatoms. The van der Waals surface area contributed by atoms with Crippen molar-refractivity contribution in [1.29, 1.82) is 0 Å². The second kappa shape index (κ2) is 11.8. The molecule has 7 rings (SSSR count). The second-order valence-corrected chi connectivity index (χ2v) is 12.4. The number of hydrogen-bond acceptors (Lipinski definition) is 6. The molecule has 0 spiro atoms. The minimum atomic E-state index is -0.948. The number of amides is 2. The van der Waals surface area contributed by atoms with Gasteiger partial charge in [-0.3, -0.25) is 14.6 Å². The highest BCUT2D eigenvalue weighted by molar-refractivity contribution is 6.06. The van der Waals surface area contributed by atoms with Crippen molar-refractivity contribution >= 4 is 34.4 Å². The first-order chi connectivity index (χ1) is 21.9. The normalized spacial score (nSPS) is 16.2. The van der Waals surface area contributed by atoms with E-state index in [1.165, 1.54) is 30.2 Å². The fraction of sp³-hybridized carbons (Fsp3) is 0.306. The monoisotopic (exact) mass is 599 g/mol. The number of aryl methyl sites for hydroxylation is 1. The Morgan fingerprint density at radius 2 is 1.64 bits per heavy atom. The summed E-state index contributed by atoms with van der Waals surface area (Å²) in [6.07, 6.45) is 13.3. The van der Waals surface area contributed by atoms with Crippen molar-refractivity contribution in [1.82, 2.24) is 24.8 Å². The predicted octanol–water partition coefficient (Wildman–Crippen LogP) is 6.62. The number of carbonyl (C=O) groups is 2. The summed E-state index contributed by atoms with van der Waals surface area (Å²) in [5.74, 6) is 0.236. The topological polar surface area (TPSA) is 128 Å². The molecule has 0 radical (unpaired) electrons. The fourth-order valence-corrected chi connectivity index (χ4v) is 6.94. The number of benzene rings is 2. The van der Waals surface area contributed by atoms with Crippen molar-refractivity contribution in [2.24, 2.45) is 7.05 Å². The standard InChI is InChI=1S/C36H37N7O2/c1-43-30-20-25(13-16-28(30)31(24-8-3-2-4-9-24)32(43)29-10-5-6-19-38-29)33(44)42-36(17-7-18-36)34(45)41-27-14-11-23(12-15-27)26-21-39-35(37)40-22-26/h5-6,10-16,19-22,24H,2-4,7-9,17-18H2,1H3,(H,41,45)(H,42,44)(H2,37,39,40). The molecule has 2 saturated carbocycles. The summed E-state index contributed by atoms with van der Waals surface area (Å²) in [7, 11) is 2.06. The smallest absolute Gasteiger partial charge is 0.252 e. The van der Waals surface area contributed by atoms with Gasteiger partial charge in [0.15, 0.2) is 0 Å². The van der Waals surface area contributed by atoms with E-state index < -0.39 is 5.54 Å². The molecule has 45 heavy (non-hydrogen) atoms. The summed E-state index contributed by atoms with van der Waals surface area (Å²) in [5, 5.41) is 7.30. The van der Waals surface area contributed by atoms with Crippen LogP contribution >= 0.6 is 0 Å². The molecule has 3 aromatic heterocycles. The second-order valence-electron chi connectivity index (χ2n) is 12.4. The third-order valence-corrected chi connectivity index (χ3v) is 9.57. The zero-order valence-electron chi connectivity index (χ0n) is 25.4. The summed E-state index contributed by atoms with van der Waals surface area (Å²) in [6, 6.07) is 19.4. The van der Waals surface area contributed by atoms with Crippen molar-refractivity contribution < 1.29 is 9.59 Å². The van der Waals surface area contributed by atoms with E-state index >= 15 is 0 Å². The molecule has 0 saturated heterocycles. The zero-order chi connectivity index (χ0) is 31.0. The Kier molecular flexibility index (Phi) is 7.53. The van der Waals surface area contributed by atoms with Crippen LogP contribution in [0.5, 0.6) is 0 Å². The molecular weight excluding hydrogens is 562 g/mol. The van der Waals surface area contributed by atoms with Crippen LogP contribution in [0.15, 0.2) is 79.3 Å². The van der Waals surface area contributed by atoms with Gasteiger partial charge in [0.05, 0.1) is 11.4 Å². The summed E-state index contributed by atoms with van der Waals surface area (Å²) >= 11 is 0. The van der Waals surface area contributed by atoms with E-state index in [2.05, 4.69) is 44.3 Å². The number of aromatic nitrogens is 4. The van der Waals surface area contributed by atoms with Crippen LogP contribution in [0.1, 0.15) is 73.2 Å². The number of nitrogens with one attached hydrogen (secondary N) is 2. The summed E-state index contributed by atoms with van der Waals surface area (Å²) < 4.78 is 2.18. The summed E-state index contributed by atoms with van der Waals surface area (Å²) in [6.45, 7) is 0. The SMILES string of the molecule is Cn1c(-c2ccccn2)c(C2CCCCC2)c2ccc(C(=O)NC3(C(=O)Nc4ccc(-c5cnc(N)nc5)cc4)CCC3)cc21. The quantitative estimate of drug-likeness (QED) is 0.193. The van der Waals surface area contributed by atoms with Crippen LogP contribution in [0.3, 0.4) is 0 Å². The number of hydrogen-bond donors (Lipinski definition) is 3. The molecule has 9 nitrogen and oxygen atoms in total. The average molecular weight is 600 g/mol. The van der Waals surface area contributed by atoms with E-state index in [9.17, 15) is 9.59 Å². The number of nitrogen functional groups attached to an aromatic ring is 1. The van der Waals surface area contributed by atoms with Gasteiger partial charge in [0, 0.05) is 53.4 Å². The fourth-order valence-electron chi connectivity index (χ4n) is 6.94. The summed E-state index contributed by atoms with van der Waals surface area (Å²) in [5.41, 5.74) is 12.0. The minimum absolute atomic E-state index is 0.206. The largest absolute Gasteiger partial charge is 0.368 e. The van der Waals surface area contributed by atoms with Gasteiger partial charge in [-0.05, 0) is 85.5 Å². The van der Waals surface area contributed by atoms with Crippen molar-refractivity contribution in [2.45, 2.75) is 62.8 Å². The van der Waals surface area contributed by atoms with Crippen LogP contribution in [0, 0.1) is 0 Å². The lowest BCUT2D eigenvalue weighted by molar-refractivity contribution is -0.125. The minimum Gasteiger partial charge on any atom is -0.368 e. The molecule has 0 atom stereocenters. The van der Waals surface area contributed by atoms with Crippen molar-refractivity contribution in [3.63, 3.8) is 0 Å². The van der Waals surface area contributed by atoms with E-state index in [4.69, 9.17) is 10.7 Å². The number of carbonyl (C=O) groups excluding carboxylic acids is 2. The Bertz CT molecular complexity index is 1850. The Morgan fingerprint density at radius 1 is 0.889 bits per heavy atom. The molecule has 2 aliphatic rings. The van der Waals surface area contributed by atoms with Crippen LogP contribution in [-0.4, -0.2) is 36.9 Å². The zero-order valence-corrected chi connectivity index (χ0v) is 25.4. The van der Waals surface area contributed by atoms with Crippen molar-refractivity contribution in [3.05, 3.63) is 90.4 Å². The Labute approximate surface area is 262 Å². The lowest BCUT2D eigenvalue weighted by Crippen LogP contribution is -2.61. The van der Waals surface area contributed by atoms with Crippen molar-refractivity contribution in [3.8, 4) is 22.5 Å². The number of nitrogens with zero attached hydrogens (tertiary/aromatic N) is 4. The molecule has 2 aliphatic carbocycles. The molecule has 3 heterocycles. The number of fused-ring (bicyclic) bond motifs is 1. The third-order valence-electron chi connectivity index (χ3n) is 9.57. The molecule has 2 fully saturated rings. The van der Waals surface area contributed by atoms with E-state index in [1.54, 1.807) is 12.4 Å². The predicted molar refractivity (Wildman–Crippen MR) is 177 cm³/mol. The van der Waals surface area contributed by atoms with Crippen LogP contribution in [0.25, 0.3) is 33.4 Å². The number of pyridine rings is 1. The highest BCUT2D eigenvalue weighted by atomic mass is 16.2. The lowest BCUT2D eigenvalue weighted by Gasteiger charge is -2.40. The molecule has 2 amide bonds. The van der Waals surface area contributed by atoms with Crippen LogP contribution in [0.2, 0.25) is 0 Å². The number of anilines is 2. The van der Waals surface area contributed by atoms with Crippen LogP contribution in [0.4, 0.5) is 11.6 Å². The van der Waals surface area contributed by atoms with Crippen LogP contribution in [-0.2, 0) is 11.8 Å². The van der Waals surface area contributed by atoms with Gasteiger partial charge in [0.2, 0.25) is 11.9 Å². The van der Waals surface area contributed by atoms with E-state index in [-0.39, 0.29) is 17.8 Å². The molecule has 0 unspecified atom stereocenters. The number of nitrogens with two attached hydrogens (primary N) is 1. The van der Waals surface area contributed by atoms with Gasteiger partial charge in [-0.15, -0.1) is 0 Å². The van der Waals surface area contributed by atoms with E-state index in [0.717, 1.165) is 47.3 Å². The summed E-state index contributed by atoms with van der Waals surface area (Å²) in [4.78, 5) is 40.1.